The molecule has 2 heterocycles. The summed E-state index contributed by atoms with van der Waals surface area (Å²) in [4.78, 5) is 22.1. The van der Waals surface area contributed by atoms with E-state index >= 15 is 0 Å². The van der Waals surface area contributed by atoms with Crippen LogP contribution in [-0.4, -0.2) is 26.5 Å². The van der Waals surface area contributed by atoms with Gasteiger partial charge in [-0.3, -0.25) is 14.9 Å². The SMILES string of the molecule is CC(=O)C1=NN(c2ccc([N+](=O)[O-])cc2)C2(C=CC(c3ccc(Cl)cc3)=NN2c2ccccc2)S1. The molecule has 0 aromatic heterocycles. The third kappa shape index (κ3) is 4.20. The predicted molar refractivity (Wildman–Crippen MR) is 140 cm³/mol. The zero-order valence-electron chi connectivity index (χ0n) is 18.4. The lowest BCUT2D eigenvalue weighted by atomic mass is 10.1. The lowest BCUT2D eigenvalue weighted by molar-refractivity contribution is -0.384. The van der Waals surface area contributed by atoms with E-state index in [1.54, 1.807) is 29.3 Å². The van der Waals surface area contributed by atoms with Crippen LogP contribution in [0, 0.1) is 10.1 Å². The second-order valence-electron chi connectivity index (χ2n) is 7.78. The number of anilines is 2. The highest BCUT2D eigenvalue weighted by atomic mass is 35.5. The van der Waals surface area contributed by atoms with Gasteiger partial charge in [0.15, 0.2) is 10.8 Å². The number of rotatable bonds is 5. The first kappa shape index (κ1) is 22.8. The van der Waals surface area contributed by atoms with Crippen molar-refractivity contribution in [3.05, 3.63) is 112 Å². The molecule has 1 unspecified atom stereocenters. The maximum atomic E-state index is 12.4. The van der Waals surface area contributed by atoms with Gasteiger partial charge in [-0.05, 0) is 60.3 Å². The Morgan fingerprint density at radius 1 is 0.943 bits per heavy atom. The number of hydrogen-bond acceptors (Lipinski definition) is 8. The van der Waals surface area contributed by atoms with E-state index in [1.165, 1.54) is 30.8 Å². The lowest BCUT2D eigenvalue weighted by Gasteiger charge is -2.43. The van der Waals surface area contributed by atoms with Crippen LogP contribution in [0.4, 0.5) is 17.1 Å². The number of carbonyl (C=O) groups excluding carboxylic acids is 1. The summed E-state index contributed by atoms with van der Waals surface area (Å²) in [7, 11) is 0. The average Bonchev–Trinajstić information content (AvgIpc) is 3.25. The molecule has 3 aromatic carbocycles. The van der Waals surface area contributed by atoms with Crippen LogP contribution in [0.15, 0.2) is 101 Å². The number of thioether (sulfide) groups is 1. The van der Waals surface area contributed by atoms with Crippen LogP contribution in [0.2, 0.25) is 5.02 Å². The van der Waals surface area contributed by atoms with Crippen molar-refractivity contribution in [2.75, 3.05) is 10.0 Å². The minimum absolute atomic E-state index is 0.0347. The number of halogens is 1. The van der Waals surface area contributed by atoms with E-state index in [9.17, 15) is 14.9 Å². The minimum Gasteiger partial charge on any atom is -0.292 e. The van der Waals surface area contributed by atoms with Crippen LogP contribution < -0.4 is 10.0 Å². The Kier molecular flexibility index (Phi) is 5.88. The van der Waals surface area contributed by atoms with Crippen LogP contribution >= 0.6 is 23.4 Å². The number of hydrogen-bond donors (Lipinski definition) is 0. The van der Waals surface area contributed by atoms with E-state index in [1.807, 2.05) is 59.6 Å². The van der Waals surface area contributed by atoms with Gasteiger partial charge in [-0.25, -0.2) is 10.0 Å². The molecule has 5 rings (SSSR count). The second-order valence-corrected chi connectivity index (χ2v) is 9.41. The number of allylic oxidation sites excluding steroid dienone is 1. The van der Waals surface area contributed by atoms with E-state index in [-0.39, 0.29) is 11.5 Å². The topological polar surface area (TPSA) is 91.4 Å². The van der Waals surface area contributed by atoms with E-state index in [0.29, 0.717) is 21.5 Å². The third-order valence-corrected chi connectivity index (χ3v) is 7.05. The van der Waals surface area contributed by atoms with Crippen LogP contribution in [0.1, 0.15) is 12.5 Å². The number of nitrogens with zero attached hydrogens (tertiary/aromatic N) is 5. The largest absolute Gasteiger partial charge is 0.292 e. The maximum absolute atomic E-state index is 12.4. The van der Waals surface area contributed by atoms with Crippen molar-refractivity contribution in [2.24, 2.45) is 10.2 Å². The number of ketones is 1. The van der Waals surface area contributed by atoms with Crippen molar-refractivity contribution >= 4 is 57.0 Å². The van der Waals surface area contributed by atoms with E-state index < -0.39 is 9.92 Å². The van der Waals surface area contributed by atoms with Crippen molar-refractivity contribution in [1.29, 1.82) is 0 Å². The monoisotopic (exact) mass is 503 g/mol. The molecule has 0 N–H and O–H groups in total. The summed E-state index contributed by atoms with van der Waals surface area (Å²) in [6, 6.07) is 23.0. The highest BCUT2D eigenvalue weighted by molar-refractivity contribution is 8.17. The number of nitro benzene ring substituents is 1. The van der Waals surface area contributed by atoms with Gasteiger partial charge < -0.3 is 0 Å². The Morgan fingerprint density at radius 3 is 2.20 bits per heavy atom. The summed E-state index contributed by atoms with van der Waals surface area (Å²) < 4.78 is 0. The highest BCUT2D eigenvalue weighted by Crippen LogP contribution is 2.48. The quantitative estimate of drug-likeness (QED) is 0.321. The summed E-state index contributed by atoms with van der Waals surface area (Å²) in [6.45, 7) is 1.46. The van der Waals surface area contributed by atoms with Crippen LogP contribution in [0.25, 0.3) is 0 Å². The first-order chi connectivity index (χ1) is 16.9. The van der Waals surface area contributed by atoms with E-state index in [4.69, 9.17) is 16.7 Å². The molecule has 2 aliphatic rings. The zero-order chi connectivity index (χ0) is 24.6. The molecule has 1 spiro atoms. The summed E-state index contributed by atoms with van der Waals surface area (Å²) in [6.07, 6.45) is 3.81. The Hall–Kier alpha value is -3.95. The summed E-state index contributed by atoms with van der Waals surface area (Å²) in [5, 5.41) is 25.2. The Bertz CT molecular complexity index is 1390. The van der Waals surface area contributed by atoms with Gasteiger partial charge in [-0.15, -0.1) is 0 Å². The van der Waals surface area contributed by atoms with Gasteiger partial charge >= 0.3 is 0 Å². The standard InChI is InChI=1S/C25H18ClN5O3S/c1-17(32)24-28-30(21-11-13-22(14-12-21)31(33)34)25(35-24)16-15-23(18-7-9-19(26)10-8-18)27-29(25)20-5-3-2-4-6-20/h2-16H,1H3. The molecule has 0 bridgehead atoms. The highest BCUT2D eigenvalue weighted by Gasteiger charge is 2.51. The number of hydrazone groups is 2. The molecule has 35 heavy (non-hydrogen) atoms. The zero-order valence-corrected chi connectivity index (χ0v) is 20.0. The van der Waals surface area contributed by atoms with Gasteiger partial charge in [-0.2, -0.15) is 10.2 Å². The van der Waals surface area contributed by atoms with Crippen molar-refractivity contribution in [1.82, 2.24) is 0 Å². The molecule has 8 nitrogen and oxygen atoms in total. The van der Waals surface area contributed by atoms with Gasteiger partial charge in [0, 0.05) is 29.6 Å². The minimum atomic E-state index is -1.05. The molecule has 3 aromatic rings. The normalized spacial score (nSPS) is 19.0. The molecular weight excluding hydrogens is 486 g/mol. The predicted octanol–water partition coefficient (Wildman–Crippen LogP) is 5.84. The number of nitro groups is 1. The maximum Gasteiger partial charge on any atom is 0.269 e. The molecule has 0 saturated heterocycles. The first-order valence-electron chi connectivity index (χ1n) is 10.6. The summed E-state index contributed by atoms with van der Waals surface area (Å²) in [5.74, 6) is -0.187. The molecule has 0 radical (unpaired) electrons. The number of para-hydroxylation sites is 1. The van der Waals surface area contributed by atoms with Gasteiger partial charge in [0.2, 0.25) is 4.99 Å². The van der Waals surface area contributed by atoms with E-state index in [2.05, 4.69) is 5.10 Å². The number of benzene rings is 3. The number of Topliss-reactive ketones (excluding diaryl/α,β-unsaturated/α-hetero) is 1. The Balaban J connectivity index is 1.65. The summed E-state index contributed by atoms with van der Waals surface area (Å²) >= 11 is 7.33. The molecule has 2 aliphatic heterocycles. The van der Waals surface area contributed by atoms with Crippen LogP contribution in [0.3, 0.4) is 0 Å². The smallest absolute Gasteiger partial charge is 0.269 e. The van der Waals surface area contributed by atoms with Crippen LogP contribution in [-0.2, 0) is 4.79 Å². The lowest BCUT2D eigenvalue weighted by Crippen LogP contribution is -2.53. The number of non-ortho nitro benzene ring substituents is 1. The third-order valence-electron chi connectivity index (χ3n) is 5.46. The molecule has 1 atom stereocenters. The van der Waals surface area contributed by atoms with Gasteiger partial charge in [0.1, 0.15) is 0 Å². The van der Waals surface area contributed by atoms with Crippen molar-refractivity contribution in [3.8, 4) is 0 Å². The first-order valence-corrected chi connectivity index (χ1v) is 11.8. The fraction of sp³-hybridized carbons (Fsp3) is 0.0800. The van der Waals surface area contributed by atoms with E-state index in [0.717, 1.165) is 11.3 Å². The van der Waals surface area contributed by atoms with Crippen molar-refractivity contribution in [2.45, 2.75) is 11.9 Å². The average molecular weight is 504 g/mol. The molecule has 0 aliphatic carbocycles. The number of carbonyl (C=O) groups is 1. The van der Waals surface area contributed by atoms with Gasteiger partial charge in [0.05, 0.1) is 22.0 Å². The van der Waals surface area contributed by atoms with Crippen LogP contribution in [0.5, 0.6) is 0 Å². The Morgan fingerprint density at radius 2 is 1.57 bits per heavy atom. The fourth-order valence-electron chi connectivity index (χ4n) is 3.76. The molecular formula is C25H18ClN5O3S. The van der Waals surface area contributed by atoms with Gasteiger partial charge in [-0.1, -0.05) is 41.9 Å². The fourth-order valence-corrected chi connectivity index (χ4v) is 5.04. The van der Waals surface area contributed by atoms with Crippen molar-refractivity contribution < 1.29 is 9.72 Å². The molecule has 0 saturated carbocycles. The molecule has 10 heteroatoms. The van der Waals surface area contributed by atoms with Gasteiger partial charge in [0.25, 0.3) is 5.69 Å². The molecule has 0 fully saturated rings. The summed E-state index contributed by atoms with van der Waals surface area (Å²) in [5.41, 5.74) is 2.90. The van der Waals surface area contributed by atoms with Crippen molar-refractivity contribution in [3.63, 3.8) is 0 Å². The second kappa shape index (κ2) is 9.01. The molecule has 0 amide bonds. The Labute approximate surface area is 210 Å². The molecule has 174 valence electrons.